The van der Waals surface area contributed by atoms with E-state index in [1.807, 2.05) is 0 Å². The fraction of sp³-hybridized carbons (Fsp3) is 0.471. The molecule has 1 fully saturated rings. The van der Waals surface area contributed by atoms with Gasteiger partial charge in [0.1, 0.15) is 5.52 Å². The van der Waals surface area contributed by atoms with Crippen molar-refractivity contribution in [1.29, 1.82) is 0 Å². The molecule has 2 aromatic rings. The van der Waals surface area contributed by atoms with Gasteiger partial charge in [0.2, 0.25) is 5.88 Å². The highest BCUT2D eigenvalue weighted by molar-refractivity contribution is 9.10. The van der Waals surface area contributed by atoms with E-state index in [4.69, 9.17) is 9.47 Å². The van der Waals surface area contributed by atoms with Gasteiger partial charge in [-0.25, -0.2) is 9.37 Å². The van der Waals surface area contributed by atoms with E-state index in [1.54, 1.807) is 12.1 Å². The highest BCUT2D eigenvalue weighted by atomic mass is 79.9. The summed E-state index contributed by atoms with van der Waals surface area (Å²) < 4.78 is 54.0. The normalized spacial score (nSPS) is 18.1. The summed E-state index contributed by atoms with van der Waals surface area (Å²) in [5.74, 6) is -0.268. The van der Waals surface area contributed by atoms with E-state index in [9.17, 15) is 12.8 Å². The van der Waals surface area contributed by atoms with Crippen LogP contribution in [0.2, 0.25) is 0 Å². The van der Waals surface area contributed by atoms with Gasteiger partial charge in [0, 0.05) is 22.4 Å². The standard InChI is InChI=1S/C17H17BrFNO5S/c1-23-26(21,22)9-17(4-5-17)8-25-13-3-2-10-11-6-24-7-12(11)14(18)15(19)16(10)20-13/h2-3H,4-9H2,1H3. The molecule has 0 saturated heterocycles. The second-order valence-corrected chi connectivity index (χ2v) is 9.31. The monoisotopic (exact) mass is 445 g/mol. The molecule has 1 aliphatic heterocycles. The molecule has 0 radical (unpaired) electrons. The second kappa shape index (κ2) is 6.40. The molecule has 26 heavy (non-hydrogen) atoms. The van der Waals surface area contributed by atoms with Gasteiger partial charge in [0.05, 0.1) is 37.2 Å². The van der Waals surface area contributed by atoms with Crippen molar-refractivity contribution in [2.75, 3.05) is 19.5 Å². The number of rotatable bonds is 6. The zero-order valence-electron chi connectivity index (χ0n) is 14.0. The maximum atomic E-state index is 14.7. The Morgan fingerprint density at radius 2 is 2.04 bits per heavy atom. The van der Waals surface area contributed by atoms with Gasteiger partial charge < -0.3 is 9.47 Å². The predicted molar refractivity (Wildman–Crippen MR) is 95.9 cm³/mol. The van der Waals surface area contributed by atoms with Gasteiger partial charge in [-0.15, -0.1) is 0 Å². The summed E-state index contributed by atoms with van der Waals surface area (Å²) in [4.78, 5) is 4.30. The van der Waals surface area contributed by atoms with Gasteiger partial charge in [0.25, 0.3) is 10.1 Å². The Kier molecular flexibility index (Phi) is 4.45. The molecule has 6 nitrogen and oxygen atoms in total. The first kappa shape index (κ1) is 18.1. The minimum absolute atomic E-state index is 0.0885. The molecule has 0 unspecified atom stereocenters. The lowest BCUT2D eigenvalue weighted by molar-refractivity contribution is 0.134. The van der Waals surface area contributed by atoms with Gasteiger partial charge in [-0.2, -0.15) is 8.42 Å². The molecule has 0 amide bonds. The summed E-state index contributed by atoms with van der Waals surface area (Å²) in [7, 11) is -2.40. The molecule has 1 aromatic heterocycles. The third kappa shape index (κ3) is 3.21. The van der Waals surface area contributed by atoms with Gasteiger partial charge in [-0.1, -0.05) is 0 Å². The largest absolute Gasteiger partial charge is 0.477 e. The summed E-state index contributed by atoms with van der Waals surface area (Å²) in [5.41, 5.74) is 1.51. The zero-order valence-corrected chi connectivity index (χ0v) is 16.5. The van der Waals surface area contributed by atoms with Gasteiger partial charge >= 0.3 is 0 Å². The minimum Gasteiger partial charge on any atom is -0.477 e. The molecular weight excluding hydrogens is 429 g/mol. The van der Waals surface area contributed by atoms with E-state index in [-0.39, 0.29) is 23.8 Å². The Morgan fingerprint density at radius 3 is 2.73 bits per heavy atom. The number of aromatic nitrogens is 1. The Balaban J connectivity index is 1.59. The number of hydrogen-bond donors (Lipinski definition) is 0. The predicted octanol–water partition coefficient (Wildman–Crippen LogP) is 3.30. The Hall–Kier alpha value is -1.29. The van der Waals surface area contributed by atoms with Gasteiger partial charge in [0.15, 0.2) is 5.82 Å². The number of fused-ring (bicyclic) bond motifs is 3. The average Bonchev–Trinajstić information content (AvgIpc) is 3.19. The van der Waals surface area contributed by atoms with Crippen molar-refractivity contribution < 1.29 is 26.5 Å². The lowest BCUT2D eigenvalue weighted by atomic mass is 10.0. The number of ether oxygens (including phenoxy) is 2. The molecule has 2 aliphatic rings. The number of benzene rings is 1. The van der Waals surface area contributed by atoms with Crippen molar-refractivity contribution in [1.82, 2.24) is 4.98 Å². The molecule has 0 spiro atoms. The van der Waals surface area contributed by atoms with Crippen molar-refractivity contribution in [3.63, 3.8) is 0 Å². The second-order valence-electron chi connectivity index (χ2n) is 6.78. The SMILES string of the molecule is COS(=O)(=O)CC1(COc2ccc3c4c(c(Br)c(F)c3n2)COC4)CC1. The first-order valence-electron chi connectivity index (χ1n) is 8.12. The molecule has 1 aromatic carbocycles. The molecule has 1 saturated carbocycles. The summed E-state index contributed by atoms with van der Waals surface area (Å²) >= 11 is 3.28. The quantitative estimate of drug-likeness (QED) is 0.634. The van der Waals surface area contributed by atoms with Crippen LogP contribution in [-0.4, -0.2) is 32.9 Å². The van der Waals surface area contributed by atoms with E-state index >= 15 is 0 Å². The lowest BCUT2D eigenvalue weighted by Crippen LogP contribution is -2.24. The molecule has 140 valence electrons. The van der Waals surface area contributed by atoms with Crippen LogP contribution in [0.25, 0.3) is 10.9 Å². The molecule has 4 rings (SSSR count). The minimum atomic E-state index is -3.55. The number of nitrogens with zero attached hydrogens (tertiary/aromatic N) is 1. The molecule has 2 heterocycles. The molecule has 1 aliphatic carbocycles. The Bertz CT molecular complexity index is 991. The first-order valence-corrected chi connectivity index (χ1v) is 10.5. The van der Waals surface area contributed by atoms with E-state index in [2.05, 4.69) is 25.1 Å². The van der Waals surface area contributed by atoms with Crippen LogP contribution in [0.15, 0.2) is 16.6 Å². The molecule has 9 heteroatoms. The van der Waals surface area contributed by atoms with Gasteiger partial charge in [-0.05, 0) is 40.4 Å². The molecule has 0 N–H and O–H groups in total. The van der Waals surface area contributed by atoms with E-state index in [1.165, 1.54) is 0 Å². The molecular formula is C17H17BrFNO5S. The van der Waals surface area contributed by atoms with Crippen molar-refractivity contribution >= 4 is 37.0 Å². The Labute approximate surface area is 158 Å². The van der Waals surface area contributed by atoms with E-state index in [0.29, 0.717) is 23.1 Å². The van der Waals surface area contributed by atoms with Crippen LogP contribution in [0.4, 0.5) is 4.39 Å². The van der Waals surface area contributed by atoms with E-state index < -0.39 is 21.4 Å². The van der Waals surface area contributed by atoms with Crippen molar-refractivity contribution in [3.8, 4) is 5.88 Å². The Morgan fingerprint density at radius 1 is 1.31 bits per heavy atom. The van der Waals surface area contributed by atoms with Crippen LogP contribution in [-0.2, 0) is 32.3 Å². The number of hydrogen-bond acceptors (Lipinski definition) is 6. The van der Waals surface area contributed by atoms with Crippen LogP contribution in [0.3, 0.4) is 0 Å². The third-order valence-corrected chi connectivity index (χ3v) is 7.24. The summed E-state index contributed by atoms with van der Waals surface area (Å²) in [6.45, 7) is 0.993. The maximum Gasteiger partial charge on any atom is 0.267 e. The van der Waals surface area contributed by atoms with E-state index in [0.717, 1.165) is 31.1 Å². The van der Waals surface area contributed by atoms with Crippen LogP contribution in [0.1, 0.15) is 24.0 Å². The summed E-state index contributed by atoms with van der Waals surface area (Å²) in [6.07, 6.45) is 1.49. The summed E-state index contributed by atoms with van der Waals surface area (Å²) in [6, 6.07) is 3.45. The van der Waals surface area contributed by atoms with Crippen molar-refractivity contribution in [2.45, 2.75) is 26.1 Å². The average molecular weight is 446 g/mol. The van der Waals surface area contributed by atoms with Gasteiger partial charge in [-0.3, -0.25) is 4.18 Å². The van der Waals surface area contributed by atoms with Crippen molar-refractivity contribution in [2.24, 2.45) is 5.41 Å². The van der Waals surface area contributed by atoms with Crippen LogP contribution in [0.5, 0.6) is 5.88 Å². The number of pyridine rings is 1. The fourth-order valence-corrected chi connectivity index (χ4v) is 4.98. The van der Waals surface area contributed by atoms with Crippen LogP contribution in [0, 0.1) is 11.2 Å². The number of halogens is 2. The highest BCUT2D eigenvalue weighted by Gasteiger charge is 2.47. The summed E-state index contributed by atoms with van der Waals surface area (Å²) in [5, 5.41) is 0.702. The lowest BCUT2D eigenvalue weighted by Gasteiger charge is -2.16. The molecule has 0 atom stereocenters. The van der Waals surface area contributed by atoms with Crippen molar-refractivity contribution in [3.05, 3.63) is 33.5 Å². The smallest absolute Gasteiger partial charge is 0.267 e. The van der Waals surface area contributed by atoms with Crippen LogP contribution >= 0.6 is 15.9 Å². The zero-order chi connectivity index (χ0) is 18.5. The maximum absolute atomic E-state index is 14.7. The first-order chi connectivity index (χ1) is 12.3. The highest BCUT2D eigenvalue weighted by Crippen LogP contribution is 2.47. The van der Waals surface area contributed by atoms with Crippen LogP contribution < -0.4 is 4.74 Å². The third-order valence-electron chi connectivity index (χ3n) is 4.94. The topological polar surface area (TPSA) is 74.7 Å². The fourth-order valence-electron chi connectivity index (χ4n) is 3.20. The molecule has 0 bridgehead atoms.